The molecular weight excluding hydrogens is 296 g/mol. The molecule has 0 amide bonds. The van der Waals surface area contributed by atoms with E-state index in [-0.39, 0.29) is 6.04 Å². The standard InChI is InChI=1S/C14H11ClN2S2/c15-10-5-3-9(4-6-10)11-8-19-14(17-11)13(16)12-2-1-7-18-12/h1-8,13H,16H2. The van der Waals surface area contributed by atoms with Gasteiger partial charge in [-0.25, -0.2) is 4.98 Å². The average molecular weight is 307 g/mol. The van der Waals surface area contributed by atoms with Gasteiger partial charge in [-0.2, -0.15) is 0 Å². The highest BCUT2D eigenvalue weighted by Crippen LogP contribution is 2.30. The van der Waals surface area contributed by atoms with Crippen LogP contribution in [-0.2, 0) is 0 Å². The summed E-state index contributed by atoms with van der Waals surface area (Å²) < 4.78 is 0. The van der Waals surface area contributed by atoms with Gasteiger partial charge in [-0.3, -0.25) is 0 Å². The van der Waals surface area contributed by atoms with Gasteiger partial charge in [0.15, 0.2) is 0 Å². The zero-order valence-corrected chi connectivity index (χ0v) is 12.3. The summed E-state index contributed by atoms with van der Waals surface area (Å²) in [4.78, 5) is 5.76. The van der Waals surface area contributed by atoms with Crippen LogP contribution in [0, 0.1) is 0 Å². The SMILES string of the molecule is NC(c1cccs1)c1nc(-c2ccc(Cl)cc2)cs1. The first-order chi connectivity index (χ1) is 9.24. The van der Waals surface area contributed by atoms with Crippen molar-refractivity contribution in [2.24, 2.45) is 5.73 Å². The number of nitrogens with two attached hydrogens (primary N) is 1. The summed E-state index contributed by atoms with van der Waals surface area (Å²) in [5.41, 5.74) is 8.22. The van der Waals surface area contributed by atoms with Crippen molar-refractivity contribution in [3.63, 3.8) is 0 Å². The molecule has 1 aromatic carbocycles. The second-order valence-electron chi connectivity index (χ2n) is 4.07. The fourth-order valence-electron chi connectivity index (χ4n) is 1.77. The van der Waals surface area contributed by atoms with E-state index >= 15 is 0 Å². The molecule has 1 unspecified atom stereocenters. The molecular formula is C14H11ClN2S2. The molecule has 0 aliphatic rings. The van der Waals surface area contributed by atoms with Gasteiger partial charge >= 0.3 is 0 Å². The van der Waals surface area contributed by atoms with Crippen LogP contribution in [0.5, 0.6) is 0 Å². The van der Waals surface area contributed by atoms with Gasteiger partial charge in [0.25, 0.3) is 0 Å². The lowest BCUT2D eigenvalue weighted by atomic mass is 10.2. The van der Waals surface area contributed by atoms with Crippen LogP contribution < -0.4 is 5.73 Å². The van der Waals surface area contributed by atoms with Gasteiger partial charge in [0.2, 0.25) is 0 Å². The molecule has 0 radical (unpaired) electrons. The molecule has 0 bridgehead atoms. The van der Waals surface area contributed by atoms with Crippen molar-refractivity contribution >= 4 is 34.3 Å². The first-order valence-corrected chi connectivity index (χ1v) is 7.88. The Balaban J connectivity index is 1.89. The van der Waals surface area contributed by atoms with Gasteiger partial charge in [0.05, 0.1) is 11.7 Å². The predicted octanol–water partition coefficient (Wildman–Crippen LogP) is 4.57. The minimum absolute atomic E-state index is 0.133. The molecule has 2 aromatic heterocycles. The number of benzene rings is 1. The molecule has 0 aliphatic carbocycles. The number of thiazole rings is 1. The Kier molecular flexibility index (Phi) is 3.66. The van der Waals surface area contributed by atoms with Crippen LogP contribution in [0.4, 0.5) is 0 Å². The largest absolute Gasteiger partial charge is 0.318 e. The Morgan fingerprint density at radius 2 is 1.89 bits per heavy atom. The van der Waals surface area contributed by atoms with Crippen LogP contribution in [0.2, 0.25) is 5.02 Å². The Morgan fingerprint density at radius 3 is 2.58 bits per heavy atom. The van der Waals surface area contributed by atoms with Crippen molar-refractivity contribution in [3.05, 3.63) is 62.1 Å². The van der Waals surface area contributed by atoms with Crippen LogP contribution in [-0.4, -0.2) is 4.98 Å². The van der Waals surface area contributed by atoms with E-state index in [0.717, 1.165) is 26.2 Å². The van der Waals surface area contributed by atoms with E-state index in [9.17, 15) is 0 Å². The van der Waals surface area contributed by atoms with Crippen LogP contribution in [0.3, 0.4) is 0 Å². The summed E-state index contributed by atoms with van der Waals surface area (Å²) in [6.45, 7) is 0. The molecule has 96 valence electrons. The van der Waals surface area contributed by atoms with Crippen molar-refractivity contribution in [1.82, 2.24) is 4.98 Å². The molecule has 1 atom stereocenters. The van der Waals surface area contributed by atoms with Crippen LogP contribution >= 0.6 is 34.3 Å². The lowest BCUT2D eigenvalue weighted by molar-refractivity contribution is 0.879. The highest BCUT2D eigenvalue weighted by Gasteiger charge is 2.14. The smallest absolute Gasteiger partial charge is 0.115 e. The summed E-state index contributed by atoms with van der Waals surface area (Å²) in [7, 11) is 0. The third-order valence-corrected chi connectivity index (χ3v) is 4.91. The fourth-order valence-corrected chi connectivity index (χ4v) is 3.55. The third-order valence-electron chi connectivity index (χ3n) is 2.78. The van der Waals surface area contributed by atoms with E-state index in [2.05, 4.69) is 4.98 Å². The summed E-state index contributed by atoms with van der Waals surface area (Å²) in [5.74, 6) is 0. The van der Waals surface area contributed by atoms with Crippen LogP contribution in [0.1, 0.15) is 15.9 Å². The van der Waals surface area contributed by atoms with E-state index in [1.807, 2.05) is 47.2 Å². The number of hydrogen-bond donors (Lipinski definition) is 1. The third kappa shape index (κ3) is 2.72. The van der Waals surface area contributed by atoms with E-state index in [4.69, 9.17) is 17.3 Å². The van der Waals surface area contributed by atoms with Crippen molar-refractivity contribution in [3.8, 4) is 11.3 Å². The Morgan fingerprint density at radius 1 is 1.11 bits per heavy atom. The summed E-state index contributed by atoms with van der Waals surface area (Å²) >= 11 is 9.14. The predicted molar refractivity (Wildman–Crippen MR) is 82.9 cm³/mol. The maximum atomic E-state index is 6.21. The number of nitrogens with zero attached hydrogens (tertiary/aromatic N) is 1. The lowest BCUT2D eigenvalue weighted by Crippen LogP contribution is -2.09. The number of hydrogen-bond acceptors (Lipinski definition) is 4. The van der Waals surface area contributed by atoms with Crippen molar-refractivity contribution < 1.29 is 0 Å². The Bertz CT molecular complexity index is 659. The van der Waals surface area contributed by atoms with Gasteiger partial charge in [0, 0.05) is 20.8 Å². The zero-order valence-electron chi connectivity index (χ0n) is 9.92. The highest BCUT2D eigenvalue weighted by atomic mass is 35.5. The molecule has 0 saturated carbocycles. The van der Waals surface area contributed by atoms with Gasteiger partial charge in [-0.1, -0.05) is 29.8 Å². The fraction of sp³-hybridized carbons (Fsp3) is 0.0714. The van der Waals surface area contributed by atoms with Gasteiger partial charge in [-0.15, -0.1) is 22.7 Å². The molecule has 3 rings (SSSR count). The molecule has 0 aliphatic heterocycles. The van der Waals surface area contributed by atoms with E-state index in [0.29, 0.717) is 0 Å². The normalized spacial score (nSPS) is 12.5. The first kappa shape index (κ1) is 12.8. The molecule has 19 heavy (non-hydrogen) atoms. The average Bonchev–Trinajstić information content (AvgIpc) is 3.10. The summed E-state index contributed by atoms with van der Waals surface area (Å²) in [5, 5.41) is 5.73. The van der Waals surface area contributed by atoms with Crippen molar-refractivity contribution in [1.29, 1.82) is 0 Å². The molecule has 0 fully saturated rings. The van der Waals surface area contributed by atoms with Gasteiger partial charge < -0.3 is 5.73 Å². The molecule has 2 heterocycles. The monoisotopic (exact) mass is 306 g/mol. The van der Waals surface area contributed by atoms with E-state index in [1.165, 1.54) is 0 Å². The highest BCUT2D eigenvalue weighted by molar-refractivity contribution is 7.11. The first-order valence-electron chi connectivity index (χ1n) is 5.74. The molecule has 3 aromatic rings. The molecule has 0 saturated heterocycles. The quantitative estimate of drug-likeness (QED) is 0.769. The number of thiophene rings is 1. The second-order valence-corrected chi connectivity index (χ2v) is 6.38. The van der Waals surface area contributed by atoms with Crippen molar-refractivity contribution in [2.45, 2.75) is 6.04 Å². The van der Waals surface area contributed by atoms with Crippen LogP contribution in [0.25, 0.3) is 11.3 Å². The Labute approximate surface area is 124 Å². The second kappa shape index (κ2) is 5.43. The summed E-state index contributed by atoms with van der Waals surface area (Å²) in [6.07, 6.45) is 0. The topological polar surface area (TPSA) is 38.9 Å². The van der Waals surface area contributed by atoms with Crippen molar-refractivity contribution in [2.75, 3.05) is 0 Å². The number of halogens is 1. The van der Waals surface area contributed by atoms with Gasteiger partial charge in [0.1, 0.15) is 5.01 Å². The number of rotatable bonds is 3. The van der Waals surface area contributed by atoms with Crippen LogP contribution in [0.15, 0.2) is 47.2 Å². The lowest BCUT2D eigenvalue weighted by Gasteiger charge is -2.04. The minimum Gasteiger partial charge on any atom is -0.318 e. The molecule has 0 spiro atoms. The maximum Gasteiger partial charge on any atom is 0.115 e. The molecule has 2 N–H and O–H groups in total. The summed E-state index contributed by atoms with van der Waals surface area (Å²) in [6, 6.07) is 11.6. The zero-order chi connectivity index (χ0) is 13.2. The molecule has 5 heteroatoms. The maximum absolute atomic E-state index is 6.21. The van der Waals surface area contributed by atoms with Gasteiger partial charge in [-0.05, 0) is 23.6 Å². The van der Waals surface area contributed by atoms with E-state index < -0.39 is 0 Å². The molecule has 2 nitrogen and oxygen atoms in total. The number of aromatic nitrogens is 1. The Hall–Kier alpha value is -1.20. The van der Waals surface area contributed by atoms with E-state index in [1.54, 1.807) is 22.7 Å². The minimum atomic E-state index is -0.133.